The van der Waals surface area contributed by atoms with Crippen LogP contribution in [0.15, 0.2) is 61.1 Å². The van der Waals surface area contributed by atoms with Crippen molar-refractivity contribution in [2.45, 2.75) is 101 Å². The zero-order valence-corrected chi connectivity index (χ0v) is 32.3. The van der Waals surface area contributed by atoms with E-state index >= 15 is 0 Å². The second-order valence-electron chi connectivity index (χ2n) is 17.1. The minimum absolute atomic E-state index is 0.0249. The van der Waals surface area contributed by atoms with Crippen LogP contribution in [0.2, 0.25) is 0 Å². The summed E-state index contributed by atoms with van der Waals surface area (Å²) in [6, 6.07) is 8.07. The Hall–Kier alpha value is -5.05. The van der Waals surface area contributed by atoms with Crippen LogP contribution in [-0.2, 0) is 15.7 Å². The quantitative estimate of drug-likeness (QED) is 0.134. The Morgan fingerprint density at radius 3 is 2.38 bits per heavy atom. The van der Waals surface area contributed by atoms with Gasteiger partial charge < -0.3 is 29.4 Å². The molecule has 306 valence electrons. The number of hydrogen-bond donors (Lipinski definition) is 2. The highest BCUT2D eigenvalue weighted by molar-refractivity contribution is 6.00. The van der Waals surface area contributed by atoms with E-state index in [1.165, 1.54) is 6.07 Å². The number of benzene rings is 1. The predicted molar refractivity (Wildman–Crippen MR) is 206 cm³/mol. The number of alkyl halides is 3. The molecule has 0 spiro atoms. The molecule has 1 aromatic carbocycles. The molecular weight excluding hydrogens is 757 g/mol. The molecule has 1 amide bonds. The summed E-state index contributed by atoms with van der Waals surface area (Å²) in [6.07, 6.45) is 8.38. The number of halogens is 4. The van der Waals surface area contributed by atoms with E-state index in [1.54, 1.807) is 13.0 Å². The minimum atomic E-state index is -5.01. The van der Waals surface area contributed by atoms with Crippen LogP contribution >= 0.6 is 0 Å². The van der Waals surface area contributed by atoms with Crippen LogP contribution in [0.3, 0.4) is 0 Å². The summed E-state index contributed by atoms with van der Waals surface area (Å²) < 4.78 is 72.8. The monoisotopic (exact) mass is 802 g/mol. The summed E-state index contributed by atoms with van der Waals surface area (Å²) in [4.78, 5) is 41.3. The molecule has 5 aliphatic rings. The topological polar surface area (TPSA) is 132 Å². The Balaban J connectivity index is 1.03. The second-order valence-corrected chi connectivity index (χ2v) is 17.1. The first kappa shape index (κ1) is 38.5. The molecule has 4 fully saturated rings. The molecule has 11 nitrogen and oxygen atoms in total. The maximum atomic E-state index is 15.0. The van der Waals surface area contributed by atoms with Crippen LogP contribution < -0.4 is 15.0 Å². The zero-order chi connectivity index (χ0) is 40.5. The minimum Gasteiger partial charge on any atom is -0.490 e. The molecule has 4 bridgehead atoms. The van der Waals surface area contributed by atoms with Crippen molar-refractivity contribution in [3.8, 4) is 17.0 Å². The second kappa shape index (κ2) is 14.6. The third kappa shape index (κ3) is 6.98. The average Bonchev–Trinajstić information content (AvgIpc) is 3.74. The van der Waals surface area contributed by atoms with E-state index in [0.717, 1.165) is 30.4 Å². The summed E-state index contributed by atoms with van der Waals surface area (Å²) >= 11 is 0. The number of carboxylic acids is 1. The largest absolute Gasteiger partial charge is 0.490 e. The first-order valence-electron chi connectivity index (χ1n) is 20.3. The number of piperidine rings is 1. The molecule has 2 saturated carbocycles. The first-order chi connectivity index (χ1) is 27.7. The van der Waals surface area contributed by atoms with Gasteiger partial charge in [-0.1, -0.05) is 26.0 Å². The predicted octanol–water partition coefficient (Wildman–Crippen LogP) is 8.00. The smallest absolute Gasteiger partial charge is 0.434 e. The molecule has 3 aromatic heterocycles. The summed E-state index contributed by atoms with van der Waals surface area (Å²) in [6.45, 7) is 5.07. The van der Waals surface area contributed by atoms with Crippen LogP contribution in [0.5, 0.6) is 5.75 Å². The number of carbonyl (C=O) groups excluding carboxylic acids is 1. The first-order valence-corrected chi connectivity index (χ1v) is 20.3. The van der Waals surface area contributed by atoms with Crippen molar-refractivity contribution in [1.82, 2.24) is 24.8 Å². The fourth-order valence-electron chi connectivity index (χ4n) is 10.7. The van der Waals surface area contributed by atoms with Gasteiger partial charge >= 0.3 is 12.1 Å². The summed E-state index contributed by atoms with van der Waals surface area (Å²) in [5, 5.41) is 13.9. The molecule has 58 heavy (non-hydrogen) atoms. The van der Waals surface area contributed by atoms with E-state index in [4.69, 9.17) is 9.47 Å². The number of fused-ring (bicyclic) bond motifs is 5. The molecule has 2 saturated heterocycles. The van der Waals surface area contributed by atoms with E-state index in [1.807, 2.05) is 35.4 Å². The number of pyridine rings is 1. The van der Waals surface area contributed by atoms with Crippen molar-refractivity contribution < 1.29 is 41.7 Å². The van der Waals surface area contributed by atoms with Crippen molar-refractivity contribution in [3.05, 3.63) is 78.1 Å². The lowest BCUT2D eigenvalue weighted by molar-refractivity contribution is -0.155. The molecule has 4 aromatic rings. The van der Waals surface area contributed by atoms with Crippen LogP contribution in [0.25, 0.3) is 22.2 Å². The lowest BCUT2D eigenvalue weighted by Gasteiger charge is -2.52. The van der Waals surface area contributed by atoms with Gasteiger partial charge in [0.05, 0.1) is 41.4 Å². The number of nitrogens with zero attached hydrogens (tertiary/aromatic N) is 5. The molecule has 2 aliphatic carbocycles. The van der Waals surface area contributed by atoms with Crippen LogP contribution in [-0.4, -0.2) is 73.4 Å². The van der Waals surface area contributed by atoms with E-state index in [2.05, 4.69) is 31.8 Å². The van der Waals surface area contributed by atoms with Crippen LogP contribution in [0, 0.1) is 29.5 Å². The molecule has 7 unspecified atom stereocenters. The maximum Gasteiger partial charge on any atom is 0.434 e. The normalized spacial score (nSPS) is 29.8. The Morgan fingerprint density at radius 2 is 1.69 bits per heavy atom. The average molecular weight is 803 g/mol. The van der Waals surface area contributed by atoms with Gasteiger partial charge in [0, 0.05) is 55.2 Å². The number of nitrogens with one attached hydrogen (secondary N) is 1. The lowest BCUT2D eigenvalue weighted by atomic mass is 9.56. The number of aliphatic carboxylic acids is 1. The van der Waals surface area contributed by atoms with Crippen molar-refractivity contribution in [2.24, 2.45) is 23.7 Å². The van der Waals surface area contributed by atoms with E-state index in [9.17, 15) is 32.3 Å². The van der Waals surface area contributed by atoms with Crippen LogP contribution in [0.4, 0.5) is 23.5 Å². The van der Waals surface area contributed by atoms with Gasteiger partial charge in [0.2, 0.25) is 5.95 Å². The number of carboxylic acid groups (broad SMARTS) is 1. The summed E-state index contributed by atoms with van der Waals surface area (Å²) in [7, 11) is 0. The van der Waals surface area contributed by atoms with Crippen molar-refractivity contribution in [3.63, 3.8) is 0 Å². The molecule has 7 atom stereocenters. The summed E-state index contributed by atoms with van der Waals surface area (Å²) in [5.41, 5.74) is -2.51. The fraction of sp³-hybridized carbons (Fsp3) is 0.512. The SMILES string of the molecule is CC1CC2CC(C)C(NC(=O)c3ccc(-c4cn(C5CC6C=CC(C5)O6)c5cc(OC6CCN(c7ncc(F)cn7)CC6)ccc45)nc3C(F)(F)F)(C(=O)O)C(C1)C2. The maximum absolute atomic E-state index is 15.0. The number of aromatic nitrogens is 4. The Labute approximate surface area is 332 Å². The Morgan fingerprint density at radius 1 is 0.966 bits per heavy atom. The van der Waals surface area contributed by atoms with E-state index in [-0.39, 0.29) is 36.0 Å². The molecule has 6 heterocycles. The third-order valence-electron chi connectivity index (χ3n) is 13.2. The number of hydrogen-bond acceptors (Lipinski definition) is 8. The van der Waals surface area contributed by atoms with E-state index < -0.39 is 52.5 Å². The number of ether oxygens (including phenoxy) is 2. The number of carbonyl (C=O) groups is 2. The van der Waals surface area contributed by atoms with Gasteiger partial charge in [0.15, 0.2) is 11.5 Å². The lowest BCUT2D eigenvalue weighted by Crippen LogP contribution is -2.66. The van der Waals surface area contributed by atoms with Gasteiger partial charge in [-0.2, -0.15) is 13.2 Å². The fourth-order valence-corrected chi connectivity index (χ4v) is 10.7. The Kier molecular flexibility index (Phi) is 9.72. The van der Waals surface area contributed by atoms with Gasteiger partial charge in [-0.15, -0.1) is 0 Å². The number of amides is 1. The Bertz CT molecular complexity index is 2240. The molecule has 9 rings (SSSR count). The summed E-state index contributed by atoms with van der Waals surface area (Å²) in [5.74, 6) is -2.03. The van der Waals surface area contributed by atoms with Gasteiger partial charge in [0.25, 0.3) is 5.91 Å². The van der Waals surface area contributed by atoms with Crippen molar-refractivity contribution in [1.29, 1.82) is 0 Å². The molecular formula is C43H46F4N6O5. The van der Waals surface area contributed by atoms with Gasteiger partial charge in [0.1, 0.15) is 17.4 Å². The van der Waals surface area contributed by atoms with Crippen LogP contribution in [0.1, 0.15) is 87.3 Å². The van der Waals surface area contributed by atoms with E-state index in [0.29, 0.717) is 86.6 Å². The number of rotatable bonds is 8. The van der Waals surface area contributed by atoms with Crippen molar-refractivity contribution in [2.75, 3.05) is 18.0 Å². The van der Waals surface area contributed by atoms with Crippen molar-refractivity contribution >= 4 is 28.7 Å². The highest BCUT2D eigenvalue weighted by atomic mass is 19.4. The third-order valence-corrected chi connectivity index (χ3v) is 13.2. The standard InChI is InChI=1S/C43H46F4N6O5/c1-23-13-25-15-24(2)42(40(55)56,26(14-23)16-25)51-39(54)34-7-8-36(50-38(34)43(45,46)47)35-22-53(28-17-30-3-4-31(18-28)58-30)37-19-32(5-6-33(35)37)57-29-9-11-52(12-10-29)41-48-20-27(44)21-49-41/h3-8,19-26,28-31H,9-18H2,1-2H3,(H,51,54)(H,55,56). The molecule has 3 aliphatic heterocycles. The number of anilines is 1. The van der Waals surface area contributed by atoms with Gasteiger partial charge in [-0.25, -0.2) is 24.1 Å². The molecule has 15 heteroatoms. The van der Waals surface area contributed by atoms with Gasteiger partial charge in [-0.05, 0) is 86.5 Å². The van der Waals surface area contributed by atoms with Gasteiger partial charge in [-0.3, -0.25) is 4.79 Å². The molecule has 0 radical (unpaired) electrons. The molecule has 2 N–H and O–H groups in total. The highest BCUT2D eigenvalue weighted by Crippen LogP contribution is 2.51. The highest BCUT2D eigenvalue weighted by Gasteiger charge is 2.57. The zero-order valence-electron chi connectivity index (χ0n) is 32.3.